The van der Waals surface area contributed by atoms with E-state index in [0.29, 0.717) is 0 Å². The quantitative estimate of drug-likeness (QED) is 0.249. The molecule has 33 heavy (non-hydrogen) atoms. The number of halogens is 18. The third kappa shape index (κ3) is 3.38. The van der Waals surface area contributed by atoms with Gasteiger partial charge in [0.25, 0.3) is 0 Å². The van der Waals surface area contributed by atoms with Gasteiger partial charge in [-0.3, -0.25) is 0 Å². The van der Waals surface area contributed by atoms with Gasteiger partial charge >= 0.3 is 47.9 Å². The van der Waals surface area contributed by atoms with E-state index < -0.39 is 78.0 Å². The van der Waals surface area contributed by atoms with Crippen LogP contribution in [0.25, 0.3) is 0 Å². The van der Waals surface area contributed by atoms with Gasteiger partial charge in [-0.25, -0.2) is 0 Å². The number of rotatable bonds is 6. The number of allylic oxidation sites excluding steroid dienone is 2. The highest BCUT2D eigenvalue weighted by atomic mass is 19.4. The molecule has 0 saturated heterocycles. The summed E-state index contributed by atoms with van der Waals surface area (Å²) in [6.45, 7) is 0. The van der Waals surface area contributed by atoms with Crippen molar-refractivity contribution in [3.05, 3.63) is 12.2 Å². The first-order valence-electron chi connectivity index (χ1n) is 8.30. The Balaban J connectivity index is 2.67. The molecule has 4 unspecified atom stereocenters. The molecule has 0 nitrogen and oxygen atoms in total. The molecule has 0 radical (unpaired) electrons. The molecule has 0 aromatic rings. The molecule has 1 fully saturated rings. The summed E-state index contributed by atoms with van der Waals surface area (Å²) in [5.41, 5.74) is 0. The van der Waals surface area contributed by atoms with Crippen molar-refractivity contribution in [2.45, 2.75) is 54.3 Å². The molecule has 2 rings (SSSR count). The van der Waals surface area contributed by atoms with Crippen LogP contribution in [0.5, 0.6) is 0 Å². The lowest BCUT2D eigenvalue weighted by molar-refractivity contribution is -0.422. The molecule has 0 aliphatic heterocycles. The van der Waals surface area contributed by atoms with Crippen molar-refractivity contribution >= 4 is 0 Å². The molecule has 0 spiro atoms. The summed E-state index contributed by atoms with van der Waals surface area (Å²) in [5, 5.41) is 0. The molecule has 18 heteroatoms. The molecular weight excluding hydrogens is 522 g/mol. The molecule has 0 aromatic heterocycles. The maximum atomic E-state index is 14.3. The number of fused-ring (bicyclic) bond motifs is 2. The summed E-state index contributed by atoms with van der Waals surface area (Å²) in [4.78, 5) is 0. The second kappa shape index (κ2) is 7.01. The molecule has 0 N–H and O–H groups in total. The van der Waals surface area contributed by atoms with Crippen molar-refractivity contribution < 1.29 is 79.0 Å². The fourth-order valence-corrected chi connectivity index (χ4v) is 4.00. The van der Waals surface area contributed by atoms with Crippen LogP contribution in [-0.2, 0) is 0 Å². The van der Waals surface area contributed by atoms with Crippen LogP contribution in [0.1, 0.15) is 6.42 Å². The Morgan fingerprint density at radius 1 is 0.394 bits per heavy atom. The summed E-state index contributed by atoms with van der Waals surface area (Å²) in [6, 6.07) is 0. The Hall–Kier alpha value is -1.52. The average Bonchev–Trinajstić information content (AvgIpc) is 3.20. The van der Waals surface area contributed by atoms with Gasteiger partial charge in [0.15, 0.2) is 0 Å². The second-order valence-corrected chi connectivity index (χ2v) is 7.54. The van der Waals surface area contributed by atoms with Crippen LogP contribution in [0.2, 0.25) is 0 Å². The highest BCUT2D eigenvalue weighted by Crippen LogP contribution is 2.68. The minimum absolute atomic E-state index is 0.275. The van der Waals surface area contributed by atoms with Gasteiger partial charge < -0.3 is 0 Å². The van der Waals surface area contributed by atoms with Crippen molar-refractivity contribution in [2.75, 3.05) is 0 Å². The lowest BCUT2D eigenvalue weighted by Crippen LogP contribution is -2.68. The first kappa shape index (κ1) is 27.7. The Kier molecular flexibility index (Phi) is 5.89. The van der Waals surface area contributed by atoms with E-state index in [1.54, 1.807) is 0 Å². The maximum absolute atomic E-state index is 14.3. The van der Waals surface area contributed by atoms with E-state index in [1.165, 1.54) is 0 Å². The Morgan fingerprint density at radius 2 is 0.636 bits per heavy atom. The fourth-order valence-electron chi connectivity index (χ4n) is 4.00. The van der Waals surface area contributed by atoms with Gasteiger partial charge in [0.05, 0.1) is 0 Å². The second-order valence-electron chi connectivity index (χ2n) is 7.54. The van der Waals surface area contributed by atoms with Crippen LogP contribution in [0.3, 0.4) is 0 Å². The molecular formula is C15H8F18. The van der Waals surface area contributed by atoms with E-state index >= 15 is 0 Å². The monoisotopic (exact) mass is 530 g/mol. The number of alkyl halides is 18. The van der Waals surface area contributed by atoms with Gasteiger partial charge in [-0.15, -0.1) is 0 Å². The zero-order valence-corrected chi connectivity index (χ0v) is 15.0. The van der Waals surface area contributed by atoms with Crippen molar-refractivity contribution in [1.29, 1.82) is 0 Å². The molecule has 1 saturated carbocycles. The first-order valence-corrected chi connectivity index (χ1v) is 8.30. The van der Waals surface area contributed by atoms with Gasteiger partial charge in [-0.05, 0) is 18.3 Å². The topological polar surface area (TPSA) is 0 Å². The van der Waals surface area contributed by atoms with E-state index in [2.05, 4.69) is 0 Å². The predicted molar refractivity (Wildman–Crippen MR) is 69.5 cm³/mol. The zero-order valence-electron chi connectivity index (χ0n) is 15.0. The minimum atomic E-state index is -7.63. The normalized spacial score (nSPS) is 28.1. The van der Waals surface area contributed by atoms with Gasteiger partial charge in [0.2, 0.25) is 0 Å². The Labute approximate surface area is 170 Å². The summed E-state index contributed by atoms with van der Waals surface area (Å²) < 4.78 is 238. The van der Waals surface area contributed by atoms with Crippen molar-refractivity contribution in [3.8, 4) is 0 Å². The van der Waals surface area contributed by atoms with Crippen LogP contribution < -0.4 is 0 Å². The minimum Gasteiger partial charge on any atom is -0.199 e. The molecule has 2 aliphatic rings. The van der Waals surface area contributed by atoms with Crippen LogP contribution in [-0.4, -0.2) is 47.9 Å². The fraction of sp³-hybridized carbons (Fsp3) is 0.867. The zero-order chi connectivity index (χ0) is 26.4. The van der Waals surface area contributed by atoms with Gasteiger partial charge in [0.1, 0.15) is 0 Å². The SMILES string of the molecule is FC(F)(F)C(F)(F)C(F)(F)C(F)(F)C1C2C=CC(C2)C1C(F)(F)C(F)(F)C(F)(F)C(F)(F)F. The first-order chi connectivity index (χ1) is 14.2. The summed E-state index contributed by atoms with van der Waals surface area (Å²) in [6.07, 6.45) is -15.6. The van der Waals surface area contributed by atoms with Crippen LogP contribution in [0.15, 0.2) is 12.2 Å². The van der Waals surface area contributed by atoms with E-state index in [0.717, 1.165) is 0 Å². The average molecular weight is 530 g/mol. The van der Waals surface area contributed by atoms with Crippen LogP contribution in [0, 0.1) is 23.7 Å². The standard InChI is InChI=1S/C15H8F18/c16-8(17,10(20,21)12(24,25)14(28,29)30)6-4-1-2-5(3-4)7(6)9(18,19)11(22,23)13(26,27)15(31,32)33/h1-2,4-7H,3H2. The molecule has 4 atom stereocenters. The predicted octanol–water partition coefficient (Wildman–Crippen LogP) is 7.36. The van der Waals surface area contributed by atoms with Crippen molar-refractivity contribution in [2.24, 2.45) is 23.7 Å². The van der Waals surface area contributed by atoms with Crippen LogP contribution in [0.4, 0.5) is 79.0 Å². The lowest BCUT2D eigenvalue weighted by Gasteiger charge is -2.45. The smallest absolute Gasteiger partial charge is 0.199 e. The molecule has 0 heterocycles. The highest BCUT2D eigenvalue weighted by Gasteiger charge is 2.89. The van der Waals surface area contributed by atoms with Crippen molar-refractivity contribution in [3.63, 3.8) is 0 Å². The van der Waals surface area contributed by atoms with Gasteiger partial charge in [0, 0.05) is 11.8 Å². The Bertz CT molecular complexity index is 720. The number of hydrogen-bond donors (Lipinski definition) is 0. The third-order valence-corrected chi connectivity index (χ3v) is 5.63. The van der Waals surface area contributed by atoms with E-state index in [1.807, 2.05) is 0 Å². The van der Waals surface area contributed by atoms with Gasteiger partial charge in [-0.1, -0.05) is 12.2 Å². The van der Waals surface area contributed by atoms with E-state index in [-0.39, 0.29) is 12.2 Å². The molecule has 194 valence electrons. The summed E-state index contributed by atoms with van der Waals surface area (Å²) in [7, 11) is 0. The van der Waals surface area contributed by atoms with Gasteiger partial charge in [-0.2, -0.15) is 79.0 Å². The molecule has 2 aliphatic carbocycles. The van der Waals surface area contributed by atoms with Crippen molar-refractivity contribution in [1.82, 2.24) is 0 Å². The molecule has 2 bridgehead atoms. The summed E-state index contributed by atoms with van der Waals surface area (Å²) >= 11 is 0. The lowest BCUT2D eigenvalue weighted by atomic mass is 9.71. The molecule has 0 aromatic carbocycles. The maximum Gasteiger partial charge on any atom is 0.460 e. The largest absolute Gasteiger partial charge is 0.460 e. The molecule has 0 amide bonds. The van der Waals surface area contributed by atoms with E-state index in [4.69, 9.17) is 0 Å². The Morgan fingerprint density at radius 3 is 0.848 bits per heavy atom. The third-order valence-electron chi connectivity index (χ3n) is 5.63. The van der Waals surface area contributed by atoms with E-state index in [9.17, 15) is 79.0 Å². The summed E-state index contributed by atoms with van der Waals surface area (Å²) in [5.74, 6) is -58.0. The van der Waals surface area contributed by atoms with Crippen LogP contribution >= 0.6 is 0 Å². The number of hydrogen-bond acceptors (Lipinski definition) is 0. The highest BCUT2D eigenvalue weighted by molar-refractivity contribution is 5.23.